The van der Waals surface area contributed by atoms with E-state index in [1.807, 2.05) is 32.9 Å². The lowest BCUT2D eigenvalue weighted by molar-refractivity contribution is 0.0635. The van der Waals surface area contributed by atoms with E-state index in [1.54, 1.807) is 6.07 Å². The van der Waals surface area contributed by atoms with Crippen molar-refractivity contribution in [2.24, 2.45) is 0 Å². The smallest absolute Gasteiger partial charge is 0.413 e. The summed E-state index contributed by atoms with van der Waals surface area (Å²) in [5.74, 6) is 0.536. The van der Waals surface area contributed by atoms with Crippen molar-refractivity contribution in [3.63, 3.8) is 0 Å². The molecule has 0 spiro atoms. The zero-order chi connectivity index (χ0) is 17.0. The van der Waals surface area contributed by atoms with Gasteiger partial charge >= 0.3 is 6.09 Å². The molecule has 1 aliphatic rings. The highest BCUT2D eigenvalue weighted by Crippen LogP contribution is 2.24. The number of likely N-dealkylation sites (tertiary alicyclic amines) is 1. The zero-order valence-corrected chi connectivity index (χ0v) is 14.9. The van der Waals surface area contributed by atoms with Crippen molar-refractivity contribution in [1.82, 2.24) is 9.88 Å². The number of pyridine rings is 1. The number of amides is 1. The minimum atomic E-state index is -0.514. The average molecular weight is 319 g/mol. The summed E-state index contributed by atoms with van der Waals surface area (Å²) >= 11 is 0. The number of nitrogens with zero attached hydrogens (tertiary/aromatic N) is 2. The number of hydrogen-bond donors (Lipinski definition) is 1. The first-order chi connectivity index (χ1) is 10.7. The van der Waals surface area contributed by atoms with E-state index in [2.05, 4.69) is 29.0 Å². The molecule has 1 aromatic heterocycles. The van der Waals surface area contributed by atoms with Gasteiger partial charge in [0.25, 0.3) is 0 Å². The second-order valence-corrected chi connectivity index (χ2v) is 7.44. The van der Waals surface area contributed by atoms with Crippen molar-refractivity contribution in [2.75, 3.05) is 5.32 Å². The summed E-state index contributed by atoms with van der Waals surface area (Å²) in [6.07, 6.45) is 3.30. The molecule has 1 saturated heterocycles. The van der Waals surface area contributed by atoms with Crippen molar-refractivity contribution in [3.8, 4) is 0 Å². The molecule has 2 rings (SSSR count). The Morgan fingerprint density at radius 2 is 1.96 bits per heavy atom. The molecule has 5 heteroatoms. The fraction of sp³-hybridized carbons (Fsp3) is 0.667. The van der Waals surface area contributed by atoms with E-state index in [0.29, 0.717) is 17.9 Å². The Balaban J connectivity index is 2.00. The van der Waals surface area contributed by atoms with Crippen LogP contribution in [0.2, 0.25) is 0 Å². The van der Waals surface area contributed by atoms with Crippen LogP contribution in [0.15, 0.2) is 18.2 Å². The molecule has 1 N–H and O–H groups in total. The topological polar surface area (TPSA) is 54.5 Å². The molecular formula is C18H29N3O2. The third-order valence-electron chi connectivity index (χ3n) is 4.16. The van der Waals surface area contributed by atoms with Gasteiger partial charge in [0.05, 0.1) is 5.69 Å². The van der Waals surface area contributed by atoms with Gasteiger partial charge in [-0.3, -0.25) is 10.2 Å². The Morgan fingerprint density at radius 1 is 1.30 bits per heavy atom. The standard InChI is InChI=1S/C18H29N3O2/c1-13-8-6-9-14(2)21(13)12-15-10-7-11-16(19-15)20-17(22)23-18(3,4)5/h7,10-11,13-14H,6,8-9,12H2,1-5H3,(H,19,20,22). The van der Waals surface area contributed by atoms with Gasteiger partial charge in [0.1, 0.15) is 11.4 Å². The number of hydrogen-bond acceptors (Lipinski definition) is 4. The van der Waals surface area contributed by atoms with Crippen molar-refractivity contribution in [1.29, 1.82) is 0 Å². The molecule has 5 nitrogen and oxygen atoms in total. The van der Waals surface area contributed by atoms with Crippen molar-refractivity contribution in [3.05, 3.63) is 23.9 Å². The SMILES string of the molecule is CC1CCCC(C)N1Cc1cccc(NC(=O)OC(C)(C)C)n1. The molecule has 23 heavy (non-hydrogen) atoms. The Morgan fingerprint density at radius 3 is 2.57 bits per heavy atom. The second kappa shape index (κ2) is 7.30. The molecule has 0 aliphatic carbocycles. The highest BCUT2D eigenvalue weighted by molar-refractivity contribution is 5.83. The van der Waals surface area contributed by atoms with Crippen LogP contribution in [0.4, 0.5) is 10.6 Å². The lowest BCUT2D eigenvalue weighted by Gasteiger charge is -2.38. The molecular weight excluding hydrogens is 290 g/mol. The summed E-state index contributed by atoms with van der Waals surface area (Å²) in [5, 5.41) is 2.71. The predicted molar refractivity (Wildman–Crippen MR) is 92.4 cm³/mol. The van der Waals surface area contributed by atoms with Crippen LogP contribution in [0.1, 0.15) is 59.6 Å². The number of aromatic nitrogens is 1. The van der Waals surface area contributed by atoms with Gasteiger partial charge in [-0.15, -0.1) is 0 Å². The highest BCUT2D eigenvalue weighted by Gasteiger charge is 2.25. The van der Waals surface area contributed by atoms with Gasteiger partial charge in [-0.1, -0.05) is 12.5 Å². The van der Waals surface area contributed by atoms with E-state index < -0.39 is 11.7 Å². The van der Waals surface area contributed by atoms with Crippen molar-refractivity contribution >= 4 is 11.9 Å². The molecule has 0 saturated carbocycles. The molecule has 1 aliphatic heterocycles. The first kappa shape index (κ1) is 17.7. The summed E-state index contributed by atoms with van der Waals surface area (Å²) in [4.78, 5) is 18.9. The maximum Gasteiger partial charge on any atom is 0.413 e. The average Bonchev–Trinajstić information content (AvgIpc) is 2.41. The molecule has 1 aromatic rings. The van der Waals surface area contributed by atoms with Gasteiger partial charge in [0, 0.05) is 18.6 Å². The monoisotopic (exact) mass is 319 g/mol. The highest BCUT2D eigenvalue weighted by atomic mass is 16.6. The van der Waals surface area contributed by atoms with Crippen LogP contribution in [0, 0.1) is 0 Å². The van der Waals surface area contributed by atoms with Crippen LogP contribution in [0.3, 0.4) is 0 Å². The van der Waals surface area contributed by atoms with Crippen LogP contribution in [0.5, 0.6) is 0 Å². The Labute approximate surface area is 139 Å². The van der Waals surface area contributed by atoms with E-state index in [9.17, 15) is 4.79 Å². The minimum Gasteiger partial charge on any atom is -0.444 e. The molecule has 0 bridgehead atoms. The fourth-order valence-electron chi connectivity index (χ4n) is 3.02. The number of piperidine rings is 1. The fourth-order valence-corrected chi connectivity index (χ4v) is 3.02. The molecule has 1 amide bonds. The second-order valence-electron chi connectivity index (χ2n) is 7.44. The molecule has 2 atom stereocenters. The first-order valence-corrected chi connectivity index (χ1v) is 8.46. The number of nitrogens with one attached hydrogen (secondary N) is 1. The maximum atomic E-state index is 11.8. The molecule has 0 radical (unpaired) electrons. The molecule has 128 valence electrons. The summed E-state index contributed by atoms with van der Waals surface area (Å²) in [6.45, 7) is 10.9. The van der Waals surface area contributed by atoms with Crippen LogP contribution in [-0.2, 0) is 11.3 Å². The number of carbonyl (C=O) groups is 1. The normalized spacial score (nSPS) is 22.7. The van der Waals surface area contributed by atoms with Gasteiger partial charge in [-0.2, -0.15) is 0 Å². The van der Waals surface area contributed by atoms with E-state index in [4.69, 9.17) is 4.74 Å². The van der Waals surface area contributed by atoms with E-state index in [-0.39, 0.29) is 0 Å². The number of anilines is 1. The molecule has 2 unspecified atom stereocenters. The molecule has 0 aromatic carbocycles. The number of rotatable bonds is 3. The summed E-state index contributed by atoms with van der Waals surface area (Å²) in [7, 11) is 0. The Kier molecular flexibility index (Phi) is 5.63. The van der Waals surface area contributed by atoms with Crippen LogP contribution in [0.25, 0.3) is 0 Å². The molecule has 1 fully saturated rings. The number of ether oxygens (including phenoxy) is 1. The summed E-state index contributed by atoms with van der Waals surface area (Å²) in [6, 6.07) is 6.87. The Hall–Kier alpha value is -1.62. The predicted octanol–water partition coefficient (Wildman–Crippen LogP) is 4.19. The van der Waals surface area contributed by atoms with Gasteiger partial charge in [0.15, 0.2) is 0 Å². The van der Waals surface area contributed by atoms with Crippen molar-refractivity contribution in [2.45, 2.75) is 78.1 Å². The van der Waals surface area contributed by atoms with Crippen LogP contribution in [-0.4, -0.2) is 33.7 Å². The summed E-state index contributed by atoms with van der Waals surface area (Å²) < 4.78 is 5.27. The number of carbonyl (C=O) groups excluding carboxylic acids is 1. The first-order valence-electron chi connectivity index (χ1n) is 8.46. The summed E-state index contributed by atoms with van der Waals surface area (Å²) in [5.41, 5.74) is 0.458. The lowest BCUT2D eigenvalue weighted by atomic mass is 9.97. The van der Waals surface area contributed by atoms with Crippen LogP contribution < -0.4 is 5.32 Å². The van der Waals surface area contributed by atoms with Gasteiger partial charge < -0.3 is 4.74 Å². The largest absolute Gasteiger partial charge is 0.444 e. The quantitative estimate of drug-likeness (QED) is 0.907. The van der Waals surface area contributed by atoms with E-state index in [1.165, 1.54) is 19.3 Å². The third kappa shape index (κ3) is 5.50. The van der Waals surface area contributed by atoms with Gasteiger partial charge in [-0.05, 0) is 59.6 Å². The van der Waals surface area contributed by atoms with Crippen LogP contribution >= 0.6 is 0 Å². The maximum absolute atomic E-state index is 11.8. The Bertz CT molecular complexity index is 529. The van der Waals surface area contributed by atoms with E-state index >= 15 is 0 Å². The van der Waals surface area contributed by atoms with Crippen molar-refractivity contribution < 1.29 is 9.53 Å². The van der Waals surface area contributed by atoms with E-state index in [0.717, 1.165) is 12.2 Å². The third-order valence-corrected chi connectivity index (χ3v) is 4.16. The lowest BCUT2D eigenvalue weighted by Crippen LogP contribution is -2.43. The van der Waals surface area contributed by atoms with Gasteiger partial charge in [0.2, 0.25) is 0 Å². The van der Waals surface area contributed by atoms with Gasteiger partial charge in [-0.25, -0.2) is 9.78 Å². The zero-order valence-electron chi connectivity index (χ0n) is 14.9. The molecule has 2 heterocycles. The minimum absolute atomic E-state index is 0.471.